The van der Waals surface area contributed by atoms with Crippen molar-refractivity contribution in [2.24, 2.45) is 0 Å². The van der Waals surface area contributed by atoms with Crippen LogP contribution in [-0.4, -0.2) is 36.2 Å². The van der Waals surface area contributed by atoms with Gasteiger partial charge in [-0.2, -0.15) is 0 Å². The van der Waals surface area contributed by atoms with E-state index in [1.54, 1.807) is 6.20 Å². The van der Waals surface area contributed by atoms with Crippen molar-refractivity contribution in [3.63, 3.8) is 0 Å². The Bertz CT molecular complexity index is 1080. The molecule has 0 atom stereocenters. The van der Waals surface area contributed by atoms with Crippen molar-refractivity contribution in [1.29, 1.82) is 0 Å². The third-order valence-corrected chi connectivity index (χ3v) is 5.00. The second kappa shape index (κ2) is 8.10. The molecule has 0 bridgehead atoms. The van der Waals surface area contributed by atoms with Gasteiger partial charge in [0.05, 0.1) is 5.75 Å². The second-order valence-electron chi connectivity index (χ2n) is 6.05. The summed E-state index contributed by atoms with van der Waals surface area (Å²) in [5, 5.41) is 12.1. The van der Waals surface area contributed by atoms with Crippen molar-refractivity contribution in [2.75, 3.05) is 11.1 Å². The van der Waals surface area contributed by atoms with Gasteiger partial charge >= 0.3 is 0 Å². The van der Waals surface area contributed by atoms with E-state index in [-0.39, 0.29) is 11.7 Å². The maximum absolute atomic E-state index is 12.4. The van der Waals surface area contributed by atoms with E-state index in [1.807, 2.05) is 83.3 Å². The average molecular weight is 390 g/mol. The summed E-state index contributed by atoms with van der Waals surface area (Å²) in [7, 11) is 0. The average Bonchev–Trinajstić information content (AvgIpc) is 3.38. The first kappa shape index (κ1) is 18.0. The number of thioether (sulfide) groups is 1. The van der Waals surface area contributed by atoms with Gasteiger partial charge in [0.15, 0.2) is 0 Å². The molecule has 4 rings (SSSR count). The summed E-state index contributed by atoms with van der Waals surface area (Å²) in [6, 6.07) is 17.2. The number of para-hydroxylation sites is 1. The Balaban J connectivity index is 1.56. The Hall–Kier alpha value is -3.39. The maximum atomic E-state index is 12.4. The highest BCUT2D eigenvalue weighted by Crippen LogP contribution is 2.23. The lowest BCUT2D eigenvalue weighted by molar-refractivity contribution is -0.113. The fraction of sp³-hybridized carbons (Fsp3) is 0.100. The minimum Gasteiger partial charge on any atom is -0.325 e. The lowest BCUT2D eigenvalue weighted by Crippen LogP contribution is -2.16. The van der Waals surface area contributed by atoms with Gasteiger partial charge in [-0.05, 0) is 42.8 Å². The first-order valence-corrected chi connectivity index (χ1v) is 9.69. The van der Waals surface area contributed by atoms with Gasteiger partial charge in [0.25, 0.3) is 0 Å². The van der Waals surface area contributed by atoms with Gasteiger partial charge in [-0.1, -0.05) is 36.0 Å². The number of benzene rings is 1. The van der Waals surface area contributed by atoms with Crippen LogP contribution in [0.15, 0.2) is 78.3 Å². The van der Waals surface area contributed by atoms with Crippen molar-refractivity contribution in [3.8, 4) is 11.5 Å². The van der Waals surface area contributed by atoms with Crippen molar-refractivity contribution < 1.29 is 4.79 Å². The number of nitrogens with zero attached hydrogens (tertiary/aromatic N) is 5. The molecule has 3 heterocycles. The molecule has 0 radical (unpaired) electrons. The van der Waals surface area contributed by atoms with E-state index >= 15 is 0 Å². The number of hydrogen-bond acceptors (Lipinski definition) is 5. The Morgan fingerprint density at radius 2 is 1.82 bits per heavy atom. The fourth-order valence-electron chi connectivity index (χ4n) is 2.71. The highest BCUT2D eigenvalue weighted by Gasteiger charge is 2.17. The van der Waals surface area contributed by atoms with Crippen LogP contribution in [0.5, 0.6) is 0 Å². The third kappa shape index (κ3) is 3.81. The van der Waals surface area contributed by atoms with Crippen LogP contribution in [0.4, 0.5) is 5.69 Å². The van der Waals surface area contributed by atoms with Crippen LogP contribution in [-0.2, 0) is 4.79 Å². The van der Waals surface area contributed by atoms with Crippen LogP contribution in [0, 0.1) is 6.92 Å². The number of carbonyl (C=O) groups is 1. The minimum atomic E-state index is -0.0965. The normalized spacial score (nSPS) is 10.8. The molecular weight excluding hydrogens is 372 g/mol. The quantitative estimate of drug-likeness (QED) is 0.510. The number of hydrogen-bond donors (Lipinski definition) is 1. The van der Waals surface area contributed by atoms with Crippen LogP contribution in [0.3, 0.4) is 0 Å². The van der Waals surface area contributed by atoms with Crippen LogP contribution in [0.1, 0.15) is 5.56 Å². The Kier molecular flexibility index (Phi) is 5.20. The molecule has 8 heteroatoms. The molecule has 1 amide bonds. The predicted octanol–water partition coefficient (Wildman–Crippen LogP) is 3.49. The largest absolute Gasteiger partial charge is 0.325 e. The molecule has 0 saturated heterocycles. The molecule has 1 N–H and O–H groups in total. The number of amides is 1. The molecular formula is C20H18N6OS. The summed E-state index contributed by atoms with van der Waals surface area (Å²) < 4.78 is 3.71. The molecule has 0 unspecified atom stereocenters. The summed E-state index contributed by atoms with van der Waals surface area (Å²) in [6.07, 6.45) is 5.51. The van der Waals surface area contributed by atoms with E-state index in [9.17, 15) is 4.79 Å². The van der Waals surface area contributed by atoms with E-state index in [0.717, 1.165) is 11.3 Å². The SMILES string of the molecule is Cc1ccccc1NC(=O)CSc1nnc(-c2ccccn2)n1-n1cccc1. The van der Waals surface area contributed by atoms with Crippen molar-refractivity contribution in [1.82, 2.24) is 24.5 Å². The van der Waals surface area contributed by atoms with Crippen LogP contribution in [0.2, 0.25) is 0 Å². The standard InChI is InChI=1S/C20H18N6OS/c1-15-8-2-3-9-16(15)22-18(27)14-28-20-24-23-19(17-10-4-5-11-21-17)26(20)25-12-6-7-13-25/h2-13H,14H2,1H3,(H,22,27). The monoisotopic (exact) mass is 390 g/mol. The number of rotatable bonds is 6. The van der Waals surface area contributed by atoms with Gasteiger partial charge in [-0.15, -0.1) is 10.2 Å². The number of aryl methyl sites for hydroxylation is 1. The van der Waals surface area contributed by atoms with E-state index in [0.29, 0.717) is 16.7 Å². The summed E-state index contributed by atoms with van der Waals surface area (Å²) in [5.41, 5.74) is 2.54. The lowest BCUT2D eigenvalue weighted by atomic mass is 10.2. The molecule has 0 aliphatic carbocycles. The number of anilines is 1. The molecule has 28 heavy (non-hydrogen) atoms. The zero-order valence-corrected chi connectivity index (χ0v) is 16.0. The van der Waals surface area contributed by atoms with Gasteiger partial charge in [0.2, 0.25) is 16.9 Å². The molecule has 0 aliphatic heterocycles. The van der Waals surface area contributed by atoms with E-state index in [4.69, 9.17) is 0 Å². The first-order valence-electron chi connectivity index (χ1n) is 8.71. The van der Waals surface area contributed by atoms with Crippen LogP contribution >= 0.6 is 11.8 Å². The zero-order valence-electron chi connectivity index (χ0n) is 15.2. The molecule has 1 aromatic carbocycles. The Labute approximate surface area is 166 Å². The maximum Gasteiger partial charge on any atom is 0.234 e. The molecule has 7 nitrogen and oxygen atoms in total. The third-order valence-electron chi connectivity index (χ3n) is 4.08. The number of carbonyl (C=O) groups excluding carboxylic acids is 1. The Morgan fingerprint density at radius 3 is 2.57 bits per heavy atom. The molecule has 3 aromatic heterocycles. The Morgan fingerprint density at radius 1 is 1.04 bits per heavy atom. The summed E-state index contributed by atoms with van der Waals surface area (Å²) >= 11 is 1.32. The lowest BCUT2D eigenvalue weighted by Gasteiger charge is -2.11. The predicted molar refractivity (Wildman–Crippen MR) is 109 cm³/mol. The summed E-state index contributed by atoms with van der Waals surface area (Å²) in [5.74, 6) is 0.731. The molecule has 140 valence electrons. The highest BCUT2D eigenvalue weighted by molar-refractivity contribution is 7.99. The minimum absolute atomic E-state index is 0.0965. The van der Waals surface area contributed by atoms with Crippen molar-refractivity contribution in [3.05, 3.63) is 78.8 Å². The van der Waals surface area contributed by atoms with Gasteiger partial charge in [-0.25, -0.2) is 4.68 Å². The molecule has 0 fully saturated rings. The van der Waals surface area contributed by atoms with E-state index < -0.39 is 0 Å². The van der Waals surface area contributed by atoms with E-state index in [2.05, 4.69) is 20.5 Å². The first-order chi connectivity index (χ1) is 13.7. The highest BCUT2D eigenvalue weighted by atomic mass is 32.2. The number of nitrogens with one attached hydrogen (secondary N) is 1. The topological polar surface area (TPSA) is 77.6 Å². The van der Waals surface area contributed by atoms with Crippen LogP contribution < -0.4 is 5.32 Å². The van der Waals surface area contributed by atoms with Gasteiger partial charge in [0.1, 0.15) is 5.69 Å². The zero-order chi connectivity index (χ0) is 19.3. The smallest absolute Gasteiger partial charge is 0.234 e. The second-order valence-corrected chi connectivity index (χ2v) is 6.99. The van der Waals surface area contributed by atoms with Crippen molar-refractivity contribution in [2.45, 2.75) is 12.1 Å². The molecule has 0 saturated carbocycles. The molecule has 0 spiro atoms. The van der Waals surface area contributed by atoms with E-state index in [1.165, 1.54) is 11.8 Å². The molecule has 0 aliphatic rings. The van der Waals surface area contributed by atoms with Gasteiger partial charge < -0.3 is 5.32 Å². The number of aromatic nitrogens is 5. The summed E-state index contributed by atoms with van der Waals surface area (Å²) in [4.78, 5) is 16.8. The van der Waals surface area contributed by atoms with Gasteiger partial charge in [0, 0.05) is 24.3 Å². The van der Waals surface area contributed by atoms with Crippen molar-refractivity contribution >= 4 is 23.4 Å². The number of pyridine rings is 1. The molecule has 4 aromatic rings. The fourth-order valence-corrected chi connectivity index (χ4v) is 3.44. The summed E-state index contributed by atoms with van der Waals surface area (Å²) in [6.45, 7) is 1.96. The van der Waals surface area contributed by atoms with Gasteiger partial charge in [-0.3, -0.25) is 14.5 Å². The van der Waals surface area contributed by atoms with Crippen LogP contribution in [0.25, 0.3) is 11.5 Å².